The molecule has 208 valence electrons. The summed E-state index contributed by atoms with van der Waals surface area (Å²) in [6, 6.07) is 4.50. The number of aliphatic hydroxyl groups is 2. The van der Waals surface area contributed by atoms with E-state index < -0.39 is 73.6 Å². The largest absolute Gasteiger partial charge is 0.396 e. The Hall–Kier alpha value is -3.72. The van der Waals surface area contributed by atoms with Crippen LogP contribution in [0.4, 0.5) is 28.9 Å². The van der Waals surface area contributed by atoms with Crippen molar-refractivity contribution in [2.24, 2.45) is 0 Å². The van der Waals surface area contributed by atoms with Crippen molar-refractivity contribution in [3.05, 3.63) is 76.4 Å². The first kappa shape index (κ1) is 28.3. The molecule has 4 rings (SSSR count). The summed E-state index contributed by atoms with van der Waals surface area (Å²) in [5.74, 6) is -5.20. The molecule has 14 heteroatoms. The molecule has 0 radical (unpaired) electrons. The Morgan fingerprint density at radius 3 is 2.49 bits per heavy atom. The molecule has 1 unspecified atom stereocenters. The maximum Gasteiger partial charge on any atom is 0.262 e. The zero-order valence-electron chi connectivity index (χ0n) is 20.4. The van der Waals surface area contributed by atoms with Crippen LogP contribution in [0.15, 0.2) is 41.3 Å². The van der Waals surface area contributed by atoms with Gasteiger partial charge in [0.05, 0.1) is 28.4 Å². The molecule has 0 aromatic heterocycles. The molecule has 0 fully saturated rings. The number of benzene rings is 3. The van der Waals surface area contributed by atoms with Gasteiger partial charge in [-0.25, -0.2) is 31.4 Å². The minimum absolute atomic E-state index is 0.00246. The third-order valence-electron chi connectivity index (χ3n) is 6.22. The summed E-state index contributed by atoms with van der Waals surface area (Å²) < 4.78 is 87.7. The van der Waals surface area contributed by atoms with E-state index in [9.17, 15) is 27.1 Å². The van der Waals surface area contributed by atoms with Crippen LogP contribution in [0, 0.1) is 30.2 Å². The molecule has 0 bridgehead atoms. The van der Waals surface area contributed by atoms with Gasteiger partial charge in [-0.1, -0.05) is 12.1 Å². The van der Waals surface area contributed by atoms with Crippen LogP contribution in [0.5, 0.6) is 0 Å². The zero-order chi connectivity index (χ0) is 28.5. The smallest absolute Gasteiger partial charge is 0.262 e. The van der Waals surface area contributed by atoms with Crippen molar-refractivity contribution in [1.82, 2.24) is 10.7 Å². The fraction of sp³-hybridized carbons (Fsp3) is 0.240. The number of carbonyl (C=O) groups excluding carboxylic acids is 1. The molecular weight excluding hydrogens is 544 g/mol. The molecule has 39 heavy (non-hydrogen) atoms. The highest BCUT2D eigenvalue weighted by Crippen LogP contribution is 2.40. The minimum atomic E-state index is -4.62. The molecule has 3 aromatic rings. The number of anilines is 2. The monoisotopic (exact) mass is 568 g/mol. The lowest BCUT2D eigenvalue weighted by Crippen LogP contribution is -2.36. The minimum Gasteiger partial charge on any atom is -0.396 e. The third-order valence-corrected chi connectivity index (χ3v) is 7.71. The number of hydrogen-bond donors (Lipinski definition) is 6. The van der Waals surface area contributed by atoms with Gasteiger partial charge in [0.15, 0.2) is 11.6 Å². The van der Waals surface area contributed by atoms with Crippen LogP contribution >= 0.6 is 0 Å². The van der Waals surface area contributed by atoms with Crippen LogP contribution in [0.1, 0.15) is 29.2 Å². The van der Waals surface area contributed by atoms with Crippen molar-refractivity contribution in [2.75, 3.05) is 23.3 Å². The van der Waals surface area contributed by atoms with Crippen LogP contribution < -0.4 is 20.9 Å². The number of nitrogens with one attached hydrogen (secondary N) is 4. The lowest BCUT2D eigenvalue weighted by molar-refractivity contribution is -0.123. The van der Waals surface area contributed by atoms with E-state index in [1.54, 1.807) is 0 Å². The highest BCUT2D eigenvalue weighted by molar-refractivity contribution is 7.92. The maximum atomic E-state index is 15.5. The van der Waals surface area contributed by atoms with Crippen molar-refractivity contribution in [3.8, 4) is 11.1 Å². The SMILES string of the molecule is Cc1c(CO)cc(F)cc1S(=O)(=O)Nc1ccc(F)c(-c2ccc3c(c2F)NNC3C(=O)NCCCO)c1F. The van der Waals surface area contributed by atoms with Gasteiger partial charge in [-0.3, -0.25) is 9.52 Å². The van der Waals surface area contributed by atoms with Gasteiger partial charge >= 0.3 is 0 Å². The number of fused-ring (bicyclic) bond motifs is 1. The summed E-state index contributed by atoms with van der Waals surface area (Å²) in [4.78, 5) is 11.8. The second-order valence-corrected chi connectivity index (χ2v) is 10.3. The van der Waals surface area contributed by atoms with Crippen LogP contribution in [-0.2, 0) is 21.4 Å². The fourth-order valence-electron chi connectivity index (χ4n) is 4.20. The van der Waals surface area contributed by atoms with E-state index in [0.717, 1.165) is 24.3 Å². The molecule has 1 amide bonds. The van der Waals surface area contributed by atoms with Gasteiger partial charge in [0, 0.05) is 24.3 Å². The number of aliphatic hydroxyl groups excluding tert-OH is 2. The summed E-state index contributed by atoms with van der Waals surface area (Å²) in [6.45, 7) is 0.724. The first-order chi connectivity index (χ1) is 18.5. The van der Waals surface area contributed by atoms with Crippen LogP contribution in [0.3, 0.4) is 0 Å². The van der Waals surface area contributed by atoms with E-state index in [2.05, 4.69) is 16.2 Å². The number of hydrazine groups is 1. The summed E-state index contributed by atoms with van der Waals surface area (Å²) >= 11 is 0. The molecule has 9 nitrogen and oxygen atoms in total. The number of hydrogen-bond acceptors (Lipinski definition) is 7. The Morgan fingerprint density at radius 1 is 1.05 bits per heavy atom. The van der Waals surface area contributed by atoms with Crippen LogP contribution in [0.2, 0.25) is 0 Å². The average Bonchev–Trinajstić information content (AvgIpc) is 3.33. The van der Waals surface area contributed by atoms with Crippen molar-refractivity contribution < 1.29 is 41.0 Å². The Balaban J connectivity index is 1.70. The predicted molar refractivity (Wildman–Crippen MR) is 134 cm³/mol. The molecule has 1 heterocycles. The molecule has 0 saturated carbocycles. The van der Waals surface area contributed by atoms with Crippen LogP contribution in [-0.4, -0.2) is 37.7 Å². The molecule has 3 aromatic carbocycles. The number of carbonyl (C=O) groups is 1. The van der Waals surface area contributed by atoms with E-state index in [-0.39, 0.29) is 35.5 Å². The van der Waals surface area contributed by atoms with E-state index >= 15 is 8.78 Å². The Kier molecular flexibility index (Phi) is 8.11. The van der Waals surface area contributed by atoms with Crippen molar-refractivity contribution in [1.29, 1.82) is 0 Å². The highest BCUT2D eigenvalue weighted by Gasteiger charge is 2.33. The maximum absolute atomic E-state index is 15.5. The number of halogens is 4. The number of sulfonamides is 1. The standard InChI is InChI=1S/C25H24F4N4O5S/c1-12-13(11-35)9-14(26)10-19(12)39(37,38)33-18-6-5-17(27)20(22(18)29)15-3-4-16-23(21(15)28)31-32-24(16)25(36)30-7-2-8-34/h3-6,9-10,24,31-35H,2,7-8,11H2,1H3,(H,30,36). The Bertz CT molecular complexity index is 1550. The normalized spacial score (nSPS) is 14.6. The van der Waals surface area contributed by atoms with Crippen molar-refractivity contribution in [2.45, 2.75) is 30.9 Å². The Morgan fingerprint density at radius 2 is 1.79 bits per heavy atom. The topological polar surface area (TPSA) is 140 Å². The van der Waals surface area contributed by atoms with Gasteiger partial charge < -0.3 is 21.0 Å². The van der Waals surface area contributed by atoms with Crippen molar-refractivity contribution in [3.63, 3.8) is 0 Å². The molecule has 1 atom stereocenters. The van der Waals surface area contributed by atoms with Gasteiger partial charge in [-0.05, 0) is 48.7 Å². The highest BCUT2D eigenvalue weighted by atomic mass is 32.2. The fourth-order valence-corrected chi connectivity index (χ4v) is 5.56. The van der Waals surface area contributed by atoms with Gasteiger partial charge in [-0.15, -0.1) is 0 Å². The quantitative estimate of drug-likeness (QED) is 0.172. The first-order valence-corrected chi connectivity index (χ1v) is 13.1. The number of amides is 1. The average molecular weight is 569 g/mol. The zero-order valence-corrected chi connectivity index (χ0v) is 21.2. The number of rotatable bonds is 9. The van der Waals surface area contributed by atoms with E-state index in [4.69, 9.17) is 5.11 Å². The summed E-state index contributed by atoms with van der Waals surface area (Å²) in [5, 5.41) is 20.8. The lowest BCUT2D eigenvalue weighted by Gasteiger charge is -2.16. The summed E-state index contributed by atoms with van der Waals surface area (Å²) in [5.41, 5.74) is 2.87. The van der Waals surface area contributed by atoms with Gasteiger partial charge in [0.25, 0.3) is 10.0 Å². The first-order valence-electron chi connectivity index (χ1n) is 11.6. The van der Waals surface area contributed by atoms with Gasteiger partial charge in [-0.2, -0.15) is 0 Å². The van der Waals surface area contributed by atoms with E-state index in [1.165, 1.54) is 13.0 Å². The molecule has 1 aliphatic rings. The van der Waals surface area contributed by atoms with E-state index in [1.807, 2.05) is 4.72 Å². The van der Waals surface area contributed by atoms with E-state index in [0.29, 0.717) is 12.5 Å². The third kappa shape index (κ3) is 5.41. The molecule has 6 N–H and O–H groups in total. The predicted octanol–water partition coefficient (Wildman–Crippen LogP) is 2.98. The van der Waals surface area contributed by atoms with Gasteiger partial charge in [0.2, 0.25) is 5.91 Å². The molecule has 0 aliphatic carbocycles. The summed E-state index contributed by atoms with van der Waals surface area (Å²) in [6.07, 6.45) is 0.312. The van der Waals surface area contributed by atoms with Gasteiger partial charge in [0.1, 0.15) is 17.7 Å². The lowest BCUT2D eigenvalue weighted by atomic mass is 9.97. The summed E-state index contributed by atoms with van der Waals surface area (Å²) in [7, 11) is -4.62. The molecule has 0 spiro atoms. The molecule has 1 aliphatic heterocycles. The second kappa shape index (κ2) is 11.2. The Labute approximate surface area is 220 Å². The van der Waals surface area contributed by atoms with Crippen LogP contribution in [0.25, 0.3) is 11.1 Å². The second-order valence-electron chi connectivity index (χ2n) is 8.70. The molecular formula is C25H24F4N4O5S. The molecule has 0 saturated heterocycles. The van der Waals surface area contributed by atoms with Crippen molar-refractivity contribution >= 4 is 27.3 Å².